The molecule has 0 heterocycles. The minimum atomic E-state index is 0. The SMILES string of the molecule is CCOc1ccc(NC(=O)CCCNC)c(C)c1.Cl. The molecule has 0 aliphatic heterocycles. The number of halogens is 1. The number of amides is 1. The molecule has 1 aromatic carbocycles. The van der Waals surface area contributed by atoms with E-state index in [1.807, 2.05) is 39.1 Å². The van der Waals surface area contributed by atoms with Crippen molar-refractivity contribution in [3.8, 4) is 5.75 Å². The molecule has 0 aliphatic carbocycles. The summed E-state index contributed by atoms with van der Waals surface area (Å²) in [6, 6.07) is 5.70. The summed E-state index contributed by atoms with van der Waals surface area (Å²) < 4.78 is 5.41. The van der Waals surface area contributed by atoms with E-state index in [4.69, 9.17) is 4.74 Å². The fourth-order valence-corrected chi connectivity index (χ4v) is 1.67. The first-order valence-corrected chi connectivity index (χ1v) is 6.35. The third-order valence-corrected chi connectivity index (χ3v) is 2.61. The zero-order valence-corrected chi connectivity index (χ0v) is 12.6. The minimum absolute atomic E-state index is 0. The van der Waals surface area contributed by atoms with Crippen LogP contribution in [-0.4, -0.2) is 26.1 Å². The van der Waals surface area contributed by atoms with Gasteiger partial charge < -0.3 is 15.4 Å². The van der Waals surface area contributed by atoms with Crippen LogP contribution >= 0.6 is 12.4 Å². The van der Waals surface area contributed by atoms with Gasteiger partial charge in [0.15, 0.2) is 0 Å². The van der Waals surface area contributed by atoms with Gasteiger partial charge in [-0.25, -0.2) is 0 Å². The summed E-state index contributed by atoms with van der Waals surface area (Å²) in [5.41, 5.74) is 1.87. The molecule has 0 spiro atoms. The molecular formula is C14H23ClN2O2. The third kappa shape index (κ3) is 6.45. The van der Waals surface area contributed by atoms with Gasteiger partial charge in [0.05, 0.1) is 6.61 Å². The Morgan fingerprint density at radius 1 is 1.37 bits per heavy atom. The van der Waals surface area contributed by atoms with Gasteiger partial charge in [0.25, 0.3) is 0 Å². The number of nitrogens with one attached hydrogen (secondary N) is 2. The van der Waals surface area contributed by atoms with Crippen LogP contribution in [0.3, 0.4) is 0 Å². The highest BCUT2D eigenvalue weighted by atomic mass is 35.5. The Kier molecular flexibility index (Phi) is 9.00. The second kappa shape index (κ2) is 9.64. The summed E-state index contributed by atoms with van der Waals surface area (Å²) in [5, 5.41) is 5.94. The lowest BCUT2D eigenvalue weighted by Crippen LogP contribution is -2.15. The monoisotopic (exact) mass is 286 g/mol. The van der Waals surface area contributed by atoms with E-state index in [1.165, 1.54) is 0 Å². The fourth-order valence-electron chi connectivity index (χ4n) is 1.67. The summed E-state index contributed by atoms with van der Waals surface area (Å²) >= 11 is 0. The molecule has 0 aromatic heterocycles. The summed E-state index contributed by atoms with van der Waals surface area (Å²) in [5.74, 6) is 0.890. The van der Waals surface area contributed by atoms with Gasteiger partial charge in [-0.3, -0.25) is 4.79 Å². The largest absolute Gasteiger partial charge is 0.494 e. The molecule has 0 fully saturated rings. The lowest BCUT2D eigenvalue weighted by Gasteiger charge is -2.10. The lowest BCUT2D eigenvalue weighted by atomic mass is 10.2. The first-order valence-electron chi connectivity index (χ1n) is 6.35. The number of hydrogen-bond acceptors (Lipinski definition) is 3. The van der Waals surface area contributed by atoms with E-state index in [0.717, 1.165) is 30.0 Å². The predicted molar refractivity (Wildman–Crippen MR) is 81.4 cm³/mol. The highest BCUT2D eigenvalue weighted by Crippen LogP contribution is 2.21. The molecule has 1 aromatic rings. The van der Waals surface area contributed by atoms with E-state index in [0.29, 0.717) is 13.0 Å². The molecule has 108 valence electrons. The smallest absolute Gasteiger partial charge is 0.224 e. The van der Waals surface area contributed by atoms with Crippen LogP contribution in [0.2, 0.25) is 0 Å². The first kappa shape index (κ1) is 17.7. The first-order chi connectivity index (χ1) is 8.67. The van der Waals surface area contributed by atoms with Crippen LogP contribution in [0.15, 0.2) is 18.2 Å². The number of carbonyl (C=O) groups excluding carboxylic acids is 1. The average Bonchev–Trinajstić information content (AvgIpc) is 2.33. The fraction of sp³-hybridized carbons (Fsp3) is 0.500. The van der Waals surface area contributed by atoms with Crippen LogP contribution in [0.1, 0.15) is 25.3 Å². The average molecular weight is 287 g/mol. The molecule has 0 saturated carbocycles. The van der Waals surface area contributed by atoms with Crippen LogP contribution in [0.25, 0.3) is 0 Å². The Bertz CT molecular complexity index is 397. The zero-order valence-electron chi connectivity index (χ0n) is 11.8. The maximum atomic E-state index is 11.7. The van der Waals surface area contributed by atoms with Crippen LogP contribution in [0, 0.1) is 6.92 Å². The Hall–Kier alpha value is -1.26. The Morgan fingerprint density at radius 2 is 2.11 bits per heavy atom. The number of ether oxygens (including phenoxy) is 1. The summed E-state index contributed by atoms with van der Waals surface area (Å²) in [6.45, 7) is 5.42. The molecule has 1 rings (SSSR count). The molecule has 0 radical (unpaired) electrons. The van der Waals surface area contributed by atoms with Crippen LogP contribution in [0.4, 0.5) is 5.69 Å². The Balaban J connectivity index is 0.00000324. The molecule has 0 aliphatic rings. The van der Waals surface area contributed by atoms with Crippen molar-refractivity contribution >= 4 is 24.0 Å². The lowest BCUT2D eigenvalue weighted by molar-refractivity contribution is -0.116. The summed E-state index contributed by atoms with van der Waals surface area (Å²) in [7, 11) is 1.88. The molecule has 2 N–H and O–H groups in total. The van der Waals surface area contributed by atoms with Crippen LogP contribution < -0.4 is 15.4 Å². The van der Waals surface area contributed by atoms with Gasteiger partial charge in [0.2, 0.25) is 5.91 Å². The summed E-state index contributed by atoms with van der Waals surface area (Å²) in [6.07, 6.45) is 1.38. The third-order valence-electron chi connectivity index (χ3n) is 2.61. The van der Waals surface area contributed by atoms with E-state index in [1.54, 1.807) is 0 Å². The predicted octanol–water partition coefficient (Wildman–Crippen LogP) is 2.75. The number of rotatable bonds is 7. The van der Waals surface area contributed by atoms with Crippen molar-refractivity contribution in [2.75, 3.05) is 25.5 Å². The van der Waals surface area contributed by atoms with E-state index in [2.05, 4.69) is 10.6 Å². The summed E-state index contributed by atoms with van der Waals surface area (Å²) in [4.78, 5) is 11.7. The molecule has 0 atom stereocenters. The van der Waals surface area contributed by atoms with Crippen molar-refractivity contribution in [3.63, 3.8) is 0 Å². The quantitative estimate of drug-likeness (QED) is 0.758. The van der Waals surface area contributed by atoms with Crippen molar-refractivity contribution in [3.05, 3.63) is 23.8 Å². The number of anilines is 1. The van der Waals surface area contributed by atoms with Gasteiger partial charge in [0.1, 0.15) is 5.75 Å². The van der Waals surface area contributed by atoms with Gasteiger partial charge in [-0.15, -0.1) is 12.4 Å². The van der Waals surface area contributed by atoms with E-state index in [-0.39, 0.29) is 18.3 Å². The molecule has 1 amide bonds. The number of aryl methyl sites for hydroxylation is 1. The molecular weight excluding hydrogens is 264 g/mol. The normalized spacial score (nSPS) is 9.63. The second-order valence-corrected chi connectivity index (χ2v) is 4.17. The zero-order chi connectivity index (χ0) is 13.4. The minimum Gasteiger partial charge on any atom is -0.494 e. The van der Waals surface area contributed by atoms with Crippen LogP contribution in [0.5, 0.6) is 5.75 Å². The molecule has 5 heteroatoms. The Labute approximate surface area is 121 Å². The van der Waals surface area contributed by atoms with Crippen molar-refractivity contribution in [1.82, 2.24) is 5.32 Å². The van der Waals surface area contributed by atoms with Gasteiger partial charge in [-0.05, 0) is 57.6 Å². The van der Waals surface area contributed by atoms with Gasteiger partial charge >= 0.3 is 0 Å². The van der Waals surface area contributed by atoms with Crippen molar-refractivity contribution in [2.24, 2.45) is 0 Å². The molecule has 0 saturated heterocycles. The molecule has 0 bridgehead atoms. The van der Waals surface area contributed by atoms with Crippen molar-refractivity contribution < 1.29 is 9.53 Å². The standard InChI is InChI=1S/C14H22N2O2.ClH/c1-4-18-12-7-8-13(11(2)10-12)16-14(17)6-5-9-15-3;/h7-8,10,15H,4-6,9H2,1-3H3,(H,16,17);1H. The molecule has 0 unspecified atom stereocenters. The van der Waals surface area contributed by atoms with Gasteiger partial charge in [0, 0.05) is 12.1 Å². The van der Waals surface area contributed by atoms with E-state index in [9.17, 15) is 4.79 Å². The Morgan fingerprint density at radius 3 is 2.68 bits per heavy atom. The van der Waals surface area contributed by atoms with Crippen LogP contribution in [-0.2, 0) is 4.79 Å². The number of carbonyl (C=O) groups is 1. The molecule has 19 heavy (non-hydrogen) atoms. The number of hydrogen-bond donors (Lipinski definition) is 2. The topological polar surface area (TPSA) is 50.4 Å². The van der Waals surface area contributed by atoms with Crippen molar-refractivity contribution in [1.29, 1.82) is 0 Å². The van der Waals surface area contributed by atoms with E-state index >= 15 is 0 Å². The maximum Gasteiger partial charge on any atom is 0.224 e. The highest BCUT2D eigenvalue weighted by Gasteiger charge is 2.05. The molecule has 4 nitrogen and oxygen atoms in total. The number of benzene rings is 1. The second-order valence-electron chi connectivity index (χ2n) is 4.17. The van der Waals surface area contributed by atoms with Gasteiger partial charge in [-0.2, -0.15) is 0 Å². The highest BCUT2D eigenvalue weighted by molar-refractivity contribution is 5.91. The van der Waals surface area contributed by atoms with E-state index < -0.39 is 0 Å². The maximum absolute atomic E-state index is 11.7. The van der Waals surface area contributed by atoms with Gasteiger partial charge in [-0.1, -0.05) is 0 Å². The van der Waals surface area contributed by atoms with Crippen molar-refractivity contribution in [2.45, 2.75) is 26.7 Å².